The number of hydrogen-bond acceptors (Lipinski definition) is 3. The standard InChI is InChI=1S/C21H27NO2S/c1-4-19(24-20-8-6-5-7-17(20)3)21(23)22-13-14-25-15-18-11-9-16(2)10-12-18/h5-12,19H,4,13-15H2,1-3H3,(H,22,23)/t19-/m1/s1. The molecule has 0 aliphatic heterocycles. The zero-order chi connectivity index (χ0) is 18.1. The Morgan fingerprint density at radius 1 is 1.12 bits per heavy atom. The van der Waals surface area contributed by atoms with Crippen LogP contribution in [0.5, 0.6) is 5.75 Å². The van der Waals surface area contributed by atoms with E-state index in [9.17, 15) is 4.79 Å². The fourth-order valence-electron chi connectivity index (χ4n) is 2.40. The van der Waals surface area contributed by atoms with Crippen molar-refractivity contribution in [1.29, 1.82) is 0 Å². The first kappa shape index (κ1) is 19.4. The van der Waals surface area contributed by atoms with Gasteiger partial charge in [0.1, 0.15) is 5.75 Å². The van der Waals surface area contributed by atoms with Crippen LogP contribution in [0.1, 0.15) is 30.0 Å². The van der Waals surface area contributed by atoms with Crippen LogP contribution < -0.4 is 10.1 Å². The highest BCUT2D eigenvalue weighted by Crippen LogP contribution is 2.19. The van der Waals surface area contributed by atoms with Crippen molar-refractivity contribution in [2.24, 2.45) is 0 Å². The second-order valence-electron chi connectivity index (χ2n) is 6.11. The second-order valence-corrected chi connectivity index (χ2v) is 7.21. The minimum Gasteiger partial charge on any atom is -0.480 e. The normalized spacial score (nSPS) is 11.8. The number of benzene rings is 2. The zero-order valence-corrected chi connectivity index (χ0v) is 16.1. The van der Waals surface area contributed by atoms with E-state index < -0.39 is 6.10 Å². The topological polar surface area (TPSA) is 38.3 Å². The van der Waals surface area contributed by atoms with Gasteiger partial charge in [0.15, 0.2) is 6.10 Å². The quantitative estimate of drug-likeness (QED) is 0.671. The van der Waals surface area contributed by atoms with Crippen molar-refractivity contribution < 1.29 is 9.53 Å². The summed E-state index contributed by atoms with van der Waals surface area (Å²) in [6.45, 7) is 6.70. The van der Waals surface area contributed by atoms with E-state index >= 15 is 0 Å². The first-order chi connectivity index (χ1) is 12.1. The van der Waals surface area contributed by atoms with Gasteiger partial charge in [-0.25, -0.2) is 0 Å². The number of para-hydroxylation sites is 1. The maximum absolute atomic E-state index is 12.3. The molecule has 1 N–H and O–H groups in total. The van der Waals surface area contributed by atoms with E-state index in [4.69, 9.17) is 4.74 Å². The molecular formula is C21H27NO2S. The maximum Gasteiger partial charge on any atom is 0.261 e. The van der Waals surface area contributed by atoms with Crippen molar-refractivity contribution in [3.05, 3.63) is 65.2 Å². The summed E-state index contributed by atoms with van der Waals surface area (Å²) in [7, 11) is 0. The Bertz CT molecular complexity index is 670. The van der Waals surface area contributed by atoms with Crippen molar-refractivity contribution in [3.63, 3.8) is 0 Å². The van der Waals surface area contributed by atoms with Gasteiger partial charge in [-0.1, -0.05) is 55.0 Å². The van der Waals surface area contributed by atoms with E-state index in [1.165, 1.54) is 11.1 Å². The Balaban J connectivity index is 1.71. The van der Waals surface area contributed by atoms with Gasteiger partial charge in [0, 0.05) is 18.1 Å². The Kier molecular flexibility index (Phi) is 7.86. The average Bonchev–Trinajstić information content (AvgIpc) is 2.62. The van der Waals surface area contributed by atoms with Crippen molar-refractivity contribution in [2.75, 3.05) is 12.3 Å². The molecule has 2 aromatic rings. The van der Waals surface area contributed by atoms with Crippen molar-refractivity contribution in [2.45, 2.75) is 39.0 Å². The Labute approximate surface area is 155 Å². The van der Waals surface area contributed by atoms with Crippen LogP contribution in [0, 0.1) is 13.8 Å². The Hall–Kier alpha value is -1.94. The fourth-order valence-corrected chi connectivity index (χ4v) is 3.22. The molecule has 0 heterocycles. The van der Waals surface area contributed by atoms with E-state index in [0.29, 0.717) is 13.0 Å². The summed E-state index contributed by atoms with van der Waals surface area (Å²) in [6.07, 6.45) is 0.208. The van der Waals surface area contributed by atoms with Crippen LogP contribution in [0.4, 0.5) is 0 Å². The van der Waals surface area contributed by atoms with Crippen LogP contribution in [0.2, 0.25) is 0 Å². The summed E-state index contributed by atoms with van der Waals surface area (Å²) in [5.41, 5.74) is 3.64. The van der Waals surface area contributed by atoms with Gasteiger partial charge in [0.25, 0.3) is 5.91 Å². The summed E-state index contributed by atoms with van der Waals surface area (Å²) >= 11 is 1.82. The molecule has 0 unspecified atom stereocenters. The van der Waals surface area contributed by atoms with Crippen LogP contribution in [-0.4, -0.2) is 24.3 Å². The second kappa shape index (κ2) is 10.1. The van der Waals surface area contributed by atoms with Gasteiger partial charge in [0.2, 0.25) is 0 Å². The number of amides is 1. The lowest BCUT2D eigenvalue weighted by molar-refractivity contribution is -0.128. The third kappa shape index (κ3) is 6.46. The van der Waals surface area contributed by atoms with E-state index in [2.05, 4.69) is 36.5 Å². The summed E-state index contributed by atoms with van der Waals surface area (Å²) < 4.78 is 5.87. The SMILES string of the molecule is CC[C@@H](Oc1ccccc1C)C(=O)NCCSCc1ccc(C)cc1. The van der Waals surface area contributed by atoms with Gasteiger partial charge >= 0.3 is 0 Å². The molecular weight excluding hydrogens is 330 g/mol. The molecule has 0 bridgehead atoms. The molecule has 0 spiro atoms. The molecule has 2 aromatic carbocycles. The highest BCUT2D eigenvalue weighted by Gasteiger charge is 2.18. The van der Waals surface area contributed by atoms with E-state index in [0.717, 1.165) is 22.8 Å². The lowest BCUT2D eigenvalue weighted by Crippen LogP contribution is -2.39. The smallest absolute Gasteiger partial charge is 0.261 e. The van der Waals surface area contributed by atoms with Gasteiger partial charge in [0.05, 0.1) is 0 Å². The number of nitrogens with one attached hydrogen (secondary N) is 1. The van der Waals surface area contributed by atoms with Gasteiger partial charge < -0.3 is 10.1 Å². The van der Waals surface area contributed by atoms with Crippen LogP contribution in [0.25, 0.3) is 0 Å². The fraction of sp³-hybridized carbons (Fsp3) is 0.381. The van der Waals surface area contributed by atoms with E-state index in [1.807, 2.05) is 49.9 Å². The molecule has 0 saturated carbocycles. The Morgan fingerprint density at radius 3 is 2.52 bits per heavy atom. The third-order valence-corrected chi connectivity index (χ3v) is 4.99. The molecule has 25 heavy (non-hydrogen) atoms. The highest BCUT2D eigenvalue weighted by atomic mass is 32.2. The summed E-state index contributed by atoms with van der Waals surface area (Å²) in [6, 6.07) is 16.4. The summed E-state index contributed by atoms with van der Waals surface area (Å²) in [5, 5.41) is 2.98. The number of aryl methyl sites for hydroxylation is 2. The number of hydrogen-bond donors (Lipinski definition) is 1. The number of ether oxygens (including phenoxy) is 1. The van der Waals surface area contributed by atoms with E-state index in [1.54, 1.807) is 0 Å². The Morgan fingerprint density at radius 2 is 1.84 bits per heavy atom. The molecule has 0 saturated heterocycles. The molecule has 1 amide bonds. The largest absolute Gasteiger partial charge is 0.480 e. The van der Waals surface area contributed by atoms with Crippen LogP contribution in [0.15, 0.2) is 48.5 Å². The molecule has 0 aromatic heterocycles. The molecule has 4 heteroatoms. The van der Waals surface area contributed by atoms with Crippen LogP contribution >= 0.6 is 11.8 Å². The molecule has 134 valence electrons. The number of thioether (sulfide) groups is 1. The van der Waals surface area contributed by atoms with Gasteiger partial charge in [-0.3, -0.25) is 4.79 Å². The first-order valence-electron chi connectivity index (χ1n) is 8.73. The maximum atomic E-state index is 12.3. The van der Waals surface area contributed by atoms with Crippen molar-refractivity contribution in [3.8, 4) is 5.75 Å². The molecule has 0 fully saturated rings. The monoisotopic (exact) mass is 357 g/mol. The van der Waals surface area contributed by atoms with Gasteiger partial charge in [-0.2, -0.15) is 11.8 Å². The molecule has 0 aliphatic carbocycles. The number of rotatable bonds is 9. The minimum atomic E-state index is -0.441. The van der Waals surface area contributed by atoms with Crippen LogP contribution in [0.3, 0.4) is 0 Å². The zero-order valence-electron chi connectivity index (χ0n) is 15.2. The van der Waals surface area contributed by atoms with Crippen molar-refractivity contribution >= 4 is 17.7 Å². The average molecular weight is 358 g/mol. The summed E-state index contributed by atoms with van der Waals surface area (Å²) in [4.78, 5) is 12.3. The lowest BCUT2D eigenvalue weighted by Gasteiger charge is -2.18. The first-order valence-corrected chi connectivity index (χ1v) is 9.89. The predicted molar refractivity (Wildman–Crippen MR) is 106 cm³/mol. The lowest BCUT2D eigenvalue weighted by atomic mass is 10.2. The number of carbonyl (C=O) groups is 1. The highest BCUT2D eigenvalue weighted by molar-refractivity contribution is 7.98. The predicted octanol–water partition coefficient (Wildman–Crippen LogP) is 4.51. The number of carbonyl (C=O) groups excluding carboxylic acids is 1. The molecule has 1 atom stereocenters. The summed E-state index contributed by atoms with van der Waals surface area (Å²) in [5.74, 6) is 2.59. The van der Waals surface area contributed by atoms with Gasteiger partial charge in [-0.15, -0.1) is 0 Å². The molecule has 0 radical (unpaired) electrons. The molecule has 3 nitrogen and oxygen atoms in total. The molecule has 0 aliphatic rings. The van der Waals surface area contributed by atoms with Gasteiger partial charge in [-0.05, 0) is 37.5 Å². The molecule has 2 rings (SSSR count). The van der Waals surface area contributed by atoms with Crippen molar-refractivity contribution in [1.82, 2.24) is 5.32 Å². The van der Waals surface area contributed by atoms with Crippen LogP contribution in [-0.2, 0) is 10.5 Å². The third-order valence-electron chi connectivity index (χ3n) is 3.96. The minimum absolute atomic E-state index is 0.0401. The van der Waals surface area contributed by atoms with E-state index in [-0.39, 0.29) is 5.91 Å².